The van der Waals surface area contributed by atoms with E-state index in [0.29, 0.717) is 11.1 Å². The number of nitrogens with zero attached hydrogens (tertiary/aromatic N) is 1. The third-order valence-electron chi connectivity index (χ3n) is 6.10. The molecule has 2 aliphatic rings. The minimum atomic E-state index is -1.08. The highest BCUT2D eigenvalue weighted by atomic mass is 32.2. The summed E-state index contributed by atoms with van der Waals surface area (Å²) in [4.78, 5) is 52.0. The van der Waals surface area contributed by atoms with Gasteiger partial charge in [-0.05, 0) is 25.0 Å². The molecular weight excluding hydrogens is 456 g/mol. The van der Waals surface area contributed by atoms with Gasteiger partial charge < -0.3 is 26.4 Å². The van der Waals surface area contributed by atoms with Gasteiger partial charge >= 0.3 is 5.97 Å². The summed E-state index contributed by atoms with van der Waals surface area (Å²) >= 11 is 1.33. The lowest BCUT2D eigenvalue weighted by Crippen LogP contribution is -2.71. The zero-order chi connectivity index (χ0) is 24.6. The predicted octanol–water partition coefficient (Wildman–Crippen LogP) is 1.18. The van der Waals surface area contributed by atoms with Crippen LogP contribution in [0, 0.1) is 0 Å². The molecule has 9 nitrogen and oxygen atoms in total. The molecule has 34 heavy (non-hydrogen) atoms. The SMILES string of the molecule is CC1(C)SC2C(NC(=O)C(NC(=O)C(N)c3ccccc3)c3ccccc3)C(=O)N2C1C(=O)O. The first kappa shape index (κ1) is 23.8. The summed E-state index contributed by atoms with van der Waals surface area (Å²) in [5.41, 5.74) is 7.23. The van der Waals surface area contributed by atoms with Gasteiger partial charge in [-0.15, -0.1) is 11.8 Å². The first-order valence-corrected chi connectivity index (χ1v) is 11.7. The van der Waals surface area contributed by atoms with Crippen LogP contribution in [0.1, 0.15) is 37.1 Å². The zero-order valence-corrected chi connectivity index (χ0v) is 19.5. The Morgan fingerprint density at radius 2 is 1.56 bits per heavy atom. The molecule has 5 unspecified atom stereocenters. The highest BCUT2D eigenvalue weighted by Crippen LogP contribution is 2.50. The molecule has 0 aromatic heterocycles. The molecule has 2 fully saturated rings. The predicted molar refractivity (Wildman–Crippen MR) is 126 cm³/mol. The van der Waals surface area contributed by atoms with Gasteiger partial charge in [0.1, 0.15) is 29.5 Å². The zero-order valence-electron chi connectivity index (χ0n) is 18.7. The molecule has 2 aromatic carbocycles. The van der Waals surface area contributed by atoms with E-state index in [0.717, 1.165) is 0 Å². The van der Waals surface area contributed by atoms with E-state index in [4.69, 9.17) is 5.73 Å². The van der Waals surface area contributed by atoms with E-state index in [-0.39, 0.29) is 0 Å². The van der Waals surface area contributed by atoms with Crippen LogP contribution in [0.25, 0.3) is 0 Å². The van der Waals surface area contributed by atoms with Gasteiger partial charge in [-0.3, -0.25) is 14.4 Å². The Morgan fingerprint density at radius 3 is 2.12 bits per heavy atom. The monoisotopic (exact) mass is 482 g/mol. The first-order chi connectivity index (χ1) is 16.1. The number of aliphatic carboxylic acids is 1. The summed E-state index contributed by atoms with van der Waals surface area (Å²) in [5, 5.41) is 14.5. The summed E-state index contributed by atoms with van der Waals surface area (Å²) in [6.07, 6.45) is 0. The fourth-order valence-electron chi connectivity index (χ4n) is 4.37. The second-order valence-electron chi connectivity index (χ2n) is 8.83. The van der Waals surface area contributed by atoms with Gasteiger partial charge in [0.25, 0.3) is 0 Å². The smallest absolute Gasteiger partial charge is 0.327 e. The lowest BCUT2D eigenvalue weighted by atomic mass is 9.95. The van der Waals surface area contributed by atoms with Crippen molar-refractivity contribution in [3.63, 3.8) is 0 Å². The second kappa shape index (κ2) is 9.11. The maximum Gasteiger partial charge on any atom is 0.327 e. The van der Waals surface area contributed by atoms with Crippen molar-refractivity contribution in [3.8, 4) is 0 Å². The molecule has 5 N–H and O–H groups in total. The van der Waals surface area contributed by atoms with Crippen LogP contribution in [0.3, 0.4) is 0 Å². The number of carboxylic acids is 1. The van der Waals surface area contributed by atoms with Crippen LogP contribution in [0.4, 0.5) is 0 Å². The molecular formula is C24H26N4O5S. The van der Waals surface area contributed by atoms with Gasteiger partial charge in [0, 0.05) is 4.75 Å². The van der Waals surface area contributed by atoms with Crippen molar-refractivity contribution in [3.05, 3.63) is 71.8 Å². The van der Waals surface area contributed by atoms with Gasteiger partial charge in [0.2, 0.25) is 17.7 Å². The summed E-state index contributed by atoms with van der Waals surface area (Å²) in [6.45, 7) is 3.53. The fraction of sp³-hybridized carbons (Fsp3) is 0.333. The number of thioether (sulfide) groups is 1. The normalized spacial score (nSPS) is 24.4. The maximum absolute atomic E-state index is 13.3. The minimum absolute atomic E-state index is 0.456. The Bertz CT molecular complexity index is 1110. The van der Waals surface area contributed by atoms with Crippen molar-refractivity contribution < 1.29 is 24.3 Å². The van der Waals surface area contributed by atoms with Gasteiger partial charge in [-0.2, -0.15) is 0 Å². The number of rotatable bonds is 7. The number of carbonyl (C=O) groups is 4. The van der Waals surface area contributed by atoms with Crippen LogP contribution in [0.2, 0.25) is 0 Å². The van der Waals surface area contributed by atoms with E-state index in [1.807, 2.05) is 6.07 Å². The third-order valence-corrected chi connectivity index (χ3v) is 7.67. The van der Waals surface area contributed by atoms with Gasteiger partial charge in [0.05, 0.1) is 0 Å². The largest absolute Gasteiger partial charge is 0.480 e. The number of fused-ring (bicyclic) bond motifs is 1. The number of hydrogen-bond acceptors (Lipinski definition) is 6. The molecule has 0 radical (unpaired) electrons. The van der Waals surface area contributed by atoms with Gasteiger partial charge in [0.15, 0.2) is 0 Å². The Balaban J connectivity index is 1.52. The minimum Gasteiger partial charge on any atom is -0.480 e. The molecule has 0 spiro atoms. The molecule has 2 heterocycles. The van der Waals surface area contributed by atoms with E-state index in [1.54, 1.807) is 68.4 Å². The fourth-order valence-corrected chi connectivity index (χ4v) is 6.00. The van der Waals surface area contributed by atoms with Crippen molar-refractivity contribution >= 4 is 35.5 Å². The van der Waals surface area contributed by atoms with Crippen molar-refractivity contribution in [1.29, 1.82) is 0 Å². The molecule has 2 aromatic rings. The van der Waals surface area contributed by atoms with E-state index in [2.05, 4.69) is 10.6 Å². The number of β-lactam (4-membered cyclic amide) rings is 1. The number of nitrogens with one attached hydrogen (secondary N) is 2. The molecule has 0 saturated carbocycles. The van der Waals surface area contributed by atoms with Crippen LogP contribution >= 0.6 is 11.8 Å². The standard InChI is InChI=1S/C24H26N4O5S/c1-24(2)18(23(32)33)28-21(31)17(22(28)34-24)27-20(30)16(14-11-7-4-8-12-14)26-19(29)15(25)13-9-5-3-6-10-13/h3-12,15-18,22H,25H2,1-2H3,(H,26,29)(H,27,30)(H,32,33). The molecule has 178 valence electrons. The van der Waals surface area contributed by atoms with Gasteiger partial charge in [-0.25, -0.2) is 4.79 Å². The van der Waals surface area contributed by atoms with Crippen LogP contribution < -0.4 is 16.4 Å². The summed E-state index contributed by atoms with van der Waals surface area (Å²) in [5.74, 6) is -2.65. The Hall–Kier alpha value is -3.37. The number of amides is 3. The Morgan fingerprint density at radius 1 is 1.00 bits per heavy atom. The summed E-state index contributed by atoms with van der Waals surface area (Å²) in [6, 6.07) is 13.5. The van der Waals surface area contributed by atoms with E-state index in [1.165, 1.54) is 16.7 Å². The average Bonchev–Trinajstić information content (AvgIpc) is 3.09. The maximum atomic E-state index is 13.3. The highest BCUT2D eigenvalue weighted by Gasteiger charge is 2.64. The Labute approximate surface area is 201 Å². The van der Waals surface area contributed by atoms with Gasteiger partial charge in [-0.1, -0.05) is 60.7 Å². The quantitative estimate of drug-likeness (QED) is 0.434. The van der Waals surface area contributed by atoms with Crippen molar-refractivity contribution in [2.24, 2.45) is 5.73 Å². The topological polar surface area (TPSA) is 142 Å². The van der Waals surface area contributed by atoms with Crippen LogP contribution in [0.5, 0.6) is 0 Å². The highest BCUT2D eigenvalue weighted by molar-refractivity contribution is 8.01. The third kappa shape index (κ3) is 4.26. The van der Waals surface area contributed by atoms with Crippen LogP contribution in [-0.4, -0.2) is 55.9 Å². The second-order valence-corrected chi connectivity index (χ2v) is 10.6. The van der Waals surface area contributed by atoms with E-state index < -0.39 is 58.0 Å². The summed E-state index contributed by atoms with van der Waals surface area (Å²) < 4.78 is -0.707. The van der Waals surface area contributed by atoms with Crippen molar-refractivity contribution in [2.45, 2.75) is 48.1 Å². The number of carbonyl (C=O) groups excluding carboxylic acids is 3. The number of nitrogens with two attached hydrogens (primary N) is 1. The van der Waals surface area contributed by atoms with Crippen LogP contribution in [0.15, 0.2) is 60.7 Å². The van der Waals surface area contributed by atoms with Crippen molar-refractivity contribution in [1.82, 2.24) is 15.5 Å². The summed E-state index contributed by atoms with van der Waals surface area (Å²) in [7, 11) is 0. The lowest BCUT2D eigenvalue weighted by Gasteiger charge is -2.44. The van der Waals surface area contributed by atoms with E-state index in [9.17, 15) is 24.3 Å². The molecule has 10 heteroatoms. The van der Waals surface area contributed by atoms with Crippen LogP contribution in [-0.2, 0) is 19.2 Å². The number of carboxylic acid groups (broad SMARTS) is 1. The molecule has 2 aliphatic heterocycles. The molecule has 2 saturated heterocycles. The molecule has 4 rings (SSSR count). The first-order valence-electron chi connectivity index (χ1n) is 10.8. The molecule has 0 bridgehead atoms. The Kier molecular flexibility index (Phi) is 6.37. The molecule has 0 aliphatic carbocycles. The van der Waals surface area contributed by atoms with Crippen molar-refractivity contribution in [2.75, 3.05) is 0 Å². The lowest BCUT2D eigenvalue weighted by molar-refractivity contribution is -0.161. The number of hydrogen-bond donors (Lipinski definition) is 4. The number of benzene rings is 2. The van der Waals surface area contributed by atoms with E-state index >= 15 is 0 Å². The molecule has 3 amide bonds. The molecule has 5 atom stereocenters. The average molecular weight is 483 g/mol.